The predicted molar refractivity (Wildman–Crippen MR) is 57.1 cm³/mol. The number of hydrogen-bond donors (Lipinski definition) is 1. The molecule has 1 aromatic rings. The fraction of sp³-hybridized carbons (Fsp3) is 0.250. The molecule has 0 fully saturated rings. The number of pyridine rings is 1. The van der Waals surface area contributed by atoms with Gasteiger partial charge in [0.05, 0.1) is 16.2 Å². The molecule has 1 heterocycles. The Bertz CT molecular complexity index is 449. The smallest absolute Gasteiger partial charge is 0.478 e. The van der Waals surface area contributed by atoms with Gasteiger partial charge in [0.15, 0.2) is 0 Å². The number of halogens is 4. The largest absolute Gasteiger partial charge is 0.573 e. The third kappa shape index (κ3) is 3.35. The van der Waals surface area contributed by atoms with Crippen LogP contribution in [0.2, 0.25) is 0 Å². The Morgan fingerprint density at radius 3 is 2.53 bits per heavy atom. The van der Waals surface area contributed by atoms with E-state index in [1.54, 1.807) is 0 Å². The summed E-state index contributed by atoms with van der Waals surface area (Å²) < 4.78 is 44.4. The average molecular weight is 363 g/mol. The van der Waals surface area contributed by atoms with E-state index in [4.69, 9.17) is 5.11 Å². The zero-order valence-electron chi connectivity index (χ0n) is 8.21. The number of methoxy groups -OCH3 is 1. The molecular weight excluding hydrogens is 358 g/mol. The first kappa shape index (κ1) is 13.8. The highest BCUT2D eigenvalue weighted by Crippen LogP contribution is 2.36. The van der Waals surface area contributed by atoms with E-state index in [2.05, 4.69) is 14.5 Å². The number of carbonyl (C=O) groups is 1. The highest BCUT2D eigenvalue weighted by molar-refractivity contribution is 14.1. The molecule has 17 heavy (non-hydrogen) atoms. The zero-order chi connectivity index (χ0) is 13.2. The SMILES string of the molecule is COc1ncc(C(=O)O)c(I)c1OC(F)(F)F. The van der Waals surface area contributed by atoms with Crippen molar-refractivity contribution in [1.29, 1.82) is 0 Å². The molecular formula is C8H5F3INO4. The van der Waals surface area contributed by atoms with Crippen molar-refractivity contribution in [2.75, 3.05) is 7.11 Å². The minimum Gasteiger partial charge on any atom is -0.478 e. The summed E-state index contributed by atoms with van der Waals surface area (Å²) in [6, 6.07) is 0. The molecule has 0 amide bonds. The maximum absolute atomic E-state index is 12.1. The van der Waals surface area contributed by atoms with Gasteiger partial charge in [-0.2, -0.15) is 0 Å². The van der Waals surface area contributed by atoms with E-state index in [-0.39, 0.29) is 3.57 Å². The Labute approximate surface area is 107 Å². The summed E-state index contributed by atoms with van der Waals surface area (Å²) >= 11 is 1.42. The van der Waals surface area contributed by atoms with E-state index in [1.165, 1.54) is 22.6 Å². The number of ether oxygens (including phenoxy) is 2. The average Bonchev–Trinajstić information content (AvgIpc) is 2.18. The summed E-state index contributed by atoms with van der Waals surface area (Å²) in [7, 11) is 1.10. The van der Waals surface area contributed by atoms with Crippen molar-refractivity contribution in [2.45, 2.75) is 6.36 Å². The number of aromatic carboxylic acids is 1. The van der Waals surface area contributed by atoms with E-state index in [9.17, 15) is 18.0 Å². The summed E-state index contributed by atoms with van der Waals surface area (Å²) in [4.78, 5) is 14.1. The summed E-state index contributed by atoms with van der Waals surface area (Å²) in [6.45, 7) is 0. The van der Waals surface area contributed by atoms with E-state index < -0.39 is 29.5 Å². The minimum atomic E-state index is -4.95. The van der Waals surface area contributed by atoms with Crippen LogP contribution in [-0.4, -0.2) is 29.5 Å². The fourth-order valence-electron chi connectivity index (χ4n) is 0.953. The first-order valence-electron chi connectivity index (χ1n) is 3.97. The number of alkyl halides is 3. The van der Waals surface area contributed by atoms with Gasteiger partial charge in [0.2, 0.25) is 5.75 Å². The summed E-state index contributed by atoms with van der Waals surface area (Å²) in [5, 5.41) is 8.73. The van der Waals surface area contributed by atoms with Gasteiger partial charge in [-0.1, -0.05) is 0 Å². The predicted octanol–water partition coefficient (Wildman–Crippen LogP) is 2.29. The maximum Gasteiger partial charge on any atom is 0.573 e. The molecule has 0 unspecified atom stereocenters. The molecule has 5 nitrogen and oxygen atoms in total. The molecule has 0 aromatic carbocycles. The zero-order valence-corrected chi connectivity index (χ0v) is 10.4. The maximum atomic E-state index is 12.1. The highest BCUT2D eigenvalue weighted by atomic mass is 127. The molecule has 1 N–H and O–H groups in total. The number of nitrogens with zero attached hydrogens (tertiary/aromatic N) is 1. The molecule has 0 saturated heterocycles. The third-order valence-electron chi connectivity index (χ3n) is 1.58. The lowest BCUT2D eigenvalue weighted by molar-refractivity contribution is -0.275. The monoisotopic (exact) mass is 363 g/mol. The van der Waals surface area contributed by atoms with Crippen LogP contribution in [0.1, 0.15) is 10.4 Å². The van der Waals surface area contributed by atoms with Crippen molar-refractivity contribution < 1.29 is 32.5 Å². The normalized spacial score (nSPS) is 11.1. The van der Waals surface area contributed by atoms with Crippen LogP contribution in [0.25, 0.3) is 0 Å². The van der Waals surface area contributed by atoms with E-state index in [0.717, 1.165) is 13.3 Å². The molecule has 1 rings (SSSR count). The Kier molecular flexibility index (Phi) is 4.01. The van der Waals surface area contributed by atoms with E-state index in [0.29, 0.717) is 0 Å². The number of carboxylic acids is 1. The van der Waals surface area contributed by atoms with Gasteiger partial charge in [0, 0.05) is 6.20 Å². The van der Waals surface area contributed by atoms with Crippen LogP contribution < -0.4 is 9.47 Å². The number of aromatic nitrogens is 1. The Balaban J connectivity index is 3.32. The van der Waals surface area contributed by atoms with Gasteiger partial charge in [-0.15, -0.1) is 13.2 Å². The molecule has 0 radical (unpaired) electrons. The topological polar surface area (TPSA) is 68.7 Å². The third-order valence-corrected chi connectivity index (χ3v) is 2.65. The van der Waals surface area contributed by atoms with Crippen LogP contribution in [0.15, 0.2) is 6.20 Å². The molecule has 0 aliphatic heterocycles. The molecule has 0 aliphatic carbocycles. The second kappa shape index (κ2) is 4.94. The van der Waals surface area contributed by atoms with Gasteiger partial charge in [0.1, 0.15) is 0 Å². The molecule has 9 heteroatoms. The van der Waals surface area contributed by atoms with E-state index >= 15 is 0 Å². The molecule has 0 bridgehead atoms. The van der Waals surface area contributed by atoms with Crippen LogP contribution in [0.4, 0.5) is 13.2 Å². The van der Waals surface area contributed by atoms with Crippen molar-refractivity contribution in [3.8, 4) is 11.6 Å². The van der Waals surface area contributed by atoms with Crippen molar-refractivity contribution in [3.05, 3.63) is 15.3 Å². The number of hydrogen-bond acceptors (Lipinski definition) is 4. The van der Waals surface area contributed by atoms with Crippen molar-refractivity contribution in [3.63, 3.8) is 0 Å². The van der Waals surface area contributed by atoms with Gasteiger partial charge < -0.3 is 14.6 Å². The lowest BCUT2D eigenvalue weighted by Gasteiger charge is -2.14. The van der Waals surface area contributed by atoms with E-state index in [1.807, 2.05) is 0 Å². The standard InChI is InChI=1S/C8H5F3INO4/c1-16-6-5(17-8(9,10)11)4(12)3(2-13-6)7(14)15/h2H,1H3,(H,14,15). The summed E-state index contributed by atoms with van der Waals surface area (Å²) in [6.07, 6.45) is -4.06. The second-order valence-electron chi connectivity index (χ2n) is 2.68. The molecule has 0 saturated carbocycles. The molecule has 1 aromatic heterocycles. The minimum absolute atomic E-state index is 0.237. The van der Waals surface area contributed by atoms with Crippen LogP contribution in [0, 0.1) is 3.57 Å². The quantitative estimate of drug-likeness (QED) is 0.835. The van der Waals surface area contributed by atoms with Gasteiger partial charge >= 0.3 is 12.3 Å². The summed E-state index contributed by atoms with van der Waals surface area (Å²) in [5.41, 5.74) is -0.398. The van der Waals surface area contributed by atoms with Crippen LogP contribution in [0.5, 0.6) is 11.6 Å². The Hall–Kier alpha value is -1.26. The fourth-order valence-corrected chi connectivity index (χ4v) is 1.66. The number of carboxylic acid groups (broad SMARTS) is 1. The lowest BCUT2D eigenvalue weighted by Crippen LogP contribution is -2.19. The molecule has 0 atom stereocenters. The lowest BCUT2D eigenvalue weighted by atomic mass is 10.3. The second-order valence-corrected chi connectivity index (χ2v) is 3.76. The Morgan fingerprint density at radius 2 is 2.12 bits per heavy atom. The number of rotatable bonds is 3. The van der Waals surface area contributed by atoms with Gasteiger partial charge in [-0.3, -0.25) is 0 Å². The van der Waals surface area contributed by atoms with Crippen molar-refractivity contribution >= 4 is 28.6 Å². The van der Waals surface area contributed by atoms with Crippen LogP contribution >= 0.6 is 22.6 Å². The molecule has 94 valence electrons. The van der Waals surface area contributed by atoms with Crippen molar-refractivity contribution in [2.24, 2.45) is 0 Å². The van der Waals surface area contributed by atoms with Crippen LogP contribution in [-0.2, 0) is 0 Å². The summed E-state index contributed by atoms with van der Waals surface area (Å²) in [5.74, 6) is -2.60. The molecule has 0 aliphatic rings. The molecule has 0 spiro atoms. The van der Waals surface area contributed by atoms with Crippen LogP contribution in [0.3, 0.4) is 0 Å². The highest BCUT2D eigenvalue weighted by Gasteiger charge is 2.35. The van der Waals surface area contributed by atoms with Gasteiger partial charge in [-0.25, -0.2) is 9.78 Å². The Morgan fingerprint density at radius 1 is 1.53 bits per heavy atom. The first-order valence-corrected chi connectivity index (χ1v) is 5.05. The van der Waals surface area contributed by atoms with Gasteiger partial charge in [0.25, 0.3) is 5.88 Å². The first-order chi connectivity index (χ1) is 7.76. The van der Waals surface area contributed by atoms with Gasteiger partial charge in [-0.05, 0) is 22.6 Å². The van der Waals surface area contributed by atoms with Crippen molar-refractivity contribution in [1.82, 2.24) is 4.98 Å².